The van der Waals surface area contributed by atoms with E-state index >= 15 is 0 Å². The summed E-state index contributed by atoms with van der Waals surface area (Å²) in [7, 11) is 0. The fourth-order valence-corrected chi connectivity index (χ4v) is 3.08. The Morgan fingerprint density at radius 3 is 2.53 bits per heavy atom. The molecule has 0 spiro atoms. The van der Waals surface area contributed by atoms with Crippen LogP contribution in [0.3, 0.4) is 0 Å². The predicted octanol–water partition coefficient (Wildman–Crippen LogP) is 3.74. The number of ether oxygens (including phenoxy) is 1. The van der Waals surface area contributed by atoms with Crippen LogP contribution in [-0.2, 0) is 0 Å². The molecule has 1 saturated carbocycles. The molecule has 0 amide bonds. The van der Waals surface area contributed by atoms with E-state index in [1.165, 1.54) is 36.5 Å². The molecule has 2 aromatic rings. The third-order valence-corrected chi connectivity index (χ3v) is 4.38. The highest BCUT2D eigenvalue weighted by atomic mass is 16.5. The van der Waals surface area contributed by atoms with E-state index in [2.05, 4.69) is 42.5 Å². The molecule has 3 rings (SSSR count). The van der Waals surface area contributed by atoms with E-state index in [4.69, 9.17) is 10.5 Å². The van der Waals surface area contributed by atoms with Crippen LogP contribution in [0, 0.1) is 5.41 Å². The Morgan fingerprint density at radius 2 is 1.74 bits per heavy atom. The highest BCUT2D eigenvalue weighted by Gasteiger charge is 2.33. The summed E-state index contributed by atoms with van der Waals surface area (Å²) < 4.78 is 6.12. The van der Waals surface area contributed by atoms with Crippen LogP contribution in [-0.4, -0.2) is 13.2 Å². The van der Waals surface area contributed by atoms with Crippen molar-refractivity contribution in [3.63, 3.8) is 0 Å². The first-order valence-corrected chi connectivity index (χ1v) is 7.14. The molecule has 19 heavy (non-hydrogen) atoms. The maximum Gasteiger partial charge on any atom is 0.127 e. The topological polar surface area (TPSA) is 35.2 Å². The molecular weight excluding hydrogens is 234 g/mol. The lowest BCUT2D eigenvalue weighted by Gasteiger charge is -2.27. The Morgan fingerprint density at radius 1 is 1.00 bits per heavy atom. The quantitative estimate of drug-likeness (QED) is 0.903. The minimum atomic E-state index is 0.205. The molecular formula is C17H21NO. The van der Waals surface area contributed by atoms with Crippen molar-refractivity contribution in [2.45, 2.75) is 25.7 Å². The molecule has 0 aliphatic heterocycles. The summed E-state index contributed by atoms with van der Waals surface area (Å²) in [5, 5.41) is 2.42. The third-order valence-electron chi connectivity index (χ3n) is 4.38. The monoisotopic (exact) mass is 255 g/mol. The lowest BCUT2D eigenvalue weighted by Crippen LogP contribution is -2.33. The zero-order valence-corrected chi connectivity index (χ0v) is 11.3. The Bertz CT molecular complexity index is 553. The number of hydrogen-bond acceptors (Lipinski definition) is 2. The highest BCUT2D eigenvalue weighted by Crippen LogP contribution is 2.38. The van der Waals surface area contributed by atoms with Crippen molar-refractivity contribution < 1.29 is 4.74 Å². The first kappa shape index (κ1) is 12.5. The molecule has 0 heterocycles. The molecule has 2 N–H and O–H groups in total. The molecule has 0 atom stereocenters. The molecule has 0 saturated heterocycles. The standard InChI is InChI=1S/C17H21NO/c18-12-17(10-3-4-11-17)13-19-16-9-5-7-14-6-1-2-8-15(14)16/h1-2,5-9H,3-4,10-13,18H2. The zero-order chi connectivity index (χ0) is 13.1. The van der Waals surface area contributed by atoms with Gasteiger partial charge >= 0.3 is 0 Å². The number of fused-ring (bicyclic) bond motifs is 1. The van der Waals surface area contributed by atoms with Gasteiger partial charge in [0, 0.05) is 17.3 Å². The van der Waals surface area contributed by atoms with Gasteiger partial charge < -0.3 is 10.5 Å². The van der Waals surface area contributed by atoms with E-state index in [0.29, 0.717) is 0 Å². The van der Waals surface area contributed by atoms with E-state index in [1.807, 2.05) is 0 Å². The van der Waals surface area contributed by atoms with Crippen molar-refractivity contribution in [3.05, 3.63) is 42.5 Å². The fraction of sp³-hybridized carbons (Fsp3) is 0.412. The third kappa shape index (κ3) is 2.45. The summed E-state index contributed by atoms with van der Waals surface area (Å²) in [6, 6.07) is 14.6. The van der Waals surface area contributed by atoms with Crippen molar-refractivity contribution in [1.82, 2.24) is 0 Å². The van der Waals surface area contributed by atoms with Crippen LogP contribution in [0.15, 0.2) is 42.5 Å². The molecule has 0 radical (unpaired) electrons. The Kier molecular flexibility index (Phi) is 3.43. The highest BCUT2D eigenvalue weighted by molar-refractivity contribution is 5.88. The second-order valence-electron chi connectivity index (χ2n) is 5.68. The van der Waals surface area contributed by atoms with Gasteiger partial charge in [0.05, 0.1) is 6.61 Å². The summed E-state index contributed by atoms with van der Waals surface area (Å²) in [4.78, 5) is 0. The van der Waals surface area contributed by atoms with Gasteiger partial charge in [-0.1, -0.05) is 49.2 Å². The Labute approximate surface area is 114 Å². The van der Waals surface area contributed by atoms with Crippen molar-refractivity contribution in [2.24, 2.45) is 11.1 Å². The normalized spacial score (nSPS) is 17.7. The SMILES string of the molecule is NCC1(COc2cccc3ccccc23)CCCC1. The molecule has 1 aliphatic carbocycles. The van der Waals surface area contributed by atoms with Crippen LogP contribution < -0.4 is 10.5 Å². The van der Waals surface area contributed by atoms with Gasteiger partial charge in [-0.15, -0.1) is 0 Å². The summed E-state index contributed by atoms with van der Waals surface area (Å²) in [6.07, 6.45) is 4.98. The van der Waals surface area contributed by atoms with E-state index in [0.717, 1.165) is 18.9 Å². The van der Waals surface area contributed by atoms with Crippen molar-refractivity contribution in [2.75, 3.05) is 13.2 Å². The molecule has 1 fully saturated rings. The van der Waals surface area contributed by atoms with Crippen molar-refractivity contribution >= 4 is 10.8 Å². The minimum absolute atomic E-state index is 0.205. The van der Waals surface area contributed by atoms with Gasteiger partial charge in [0.1, 0.15) is 5.75 Å². The van der Waals surface area contributed by atoms with Gasteiger partial charge in [-0.2, -0.15) is 0 Å². The van der Waals surface area contributed by atoms with Crippen LogP contribution in [0.5, 0.6) is 5.75 Å². The van der Waals surface area contributed by atoms with E-state index in [1.54, 1.807) is 0 Å². The molecule has 0 aromatic heterocycles. The van der Waals surface area contributed by atoms with Crippen molar-refractivity contribution in [1.29, 1.82) is 0 Å². The van der Waals surface area contributed by atoms with E-state index < -0.39 is 0 Å². The van der Waals surface area contributed by atoms with Gasteiger partial charge in [0.15, 0.2) is 0 Å². The maximum absolute atomic E-state index is 6.12. The zero-order valence-electron chi connectivity index (χ0n) is 11.3. The summed E-state index contributed by atoms with van der Waals surface area (Å²) in [5.41, 5.74) is 6.17. The van der Waals surface area contributed by atoms with E-state index in [-0.39, 0.29) is 5.41 Å². The van der Waals surface area contributed by atoms with Crippen LogP contribution in [0.2, 0.25) is 0 Å². The average molecular weight is 255 g/mol. The average Bonchev–Trinajstić information content (AvgIpc) is 2.94. The number of nitrogens with two attached hydrogens (primary N) is 1. The lowest BCUT2D eigenvalue weighted by atomic mass is 9.87. The smallest absolute Gasteiger partial charge is 0.127 e. The van der Waals surface area contributed by atoms with Crippen LogP contribution in [0.1, 0.15) is 25.7 Å². The summed E-state index contributed by atoms with van der Waals surface area (Å²) in [6.45, 7) is 1.48. The van der Waals surface area contributed by atoms with Gasteiger partial charge in [-0.3, -0.25) is 0 Å². The molecule has 0 bridgehead atoms. The van der Waals surface area contributed by atoms with Gasteiger partial charge in [-0.05, 0) is 24.3 Å². The van der Waals surface area contributed by atoms with Crippen molar-refractivity contribution in [3.8, 4) is 5.75 Å². The first-order valence-electron chi connectivity index (χ1n) is 7.14. The second kappa shape index (κ2) is 5.22. The number of benzene rings is 2. The Balaban J connectivity index is 1.82. The predicted molar refractivity (Wildman–Crippen MR) is 79.4 cm³/mol. The maximum atomic E-state index is 6.12. The Hall–Kier alpha value is -1.54. The van der Waals surface area contributed by atoms with E-state index in [9.17, 15) is 0 Å². The summed E-state index contributed by atoms with van der Waals surface area (Å²) in [5.74, 6) is 0.984. The molecule has 0 unspecified atom stereocenters. The molecule has 2 aromatic carbocycles. The van der Waals surface area contributed by atoms with Gasteiger partial charge in [0.2, 0.25) is 0 Å². The lowest BCUT2D eigenvalue weighted by molar-refractivity contribution is 0.158. The van der Waals surface area contributed by atoms with Crippen LogP contribution in [0.4, 0.5) is 0 Å². The van der Waals surface area contributed by atoms with Crippen LogP contribution >= 0.6 is 0 Å². The first-order chi connectivity index (χ1) is 9.33. The molecule has 2 heteroatoms. The number of rotatable bonds is 4. The molecule has 1 aliphatic rings. The number of hydrogen-bond donors (Lipinski definition) is 1. The molecule has 100 valence electrons. The minimum Gasteiger partial charge on any atom is -0.492 e. The summed E-state index contributed by atoms with van der Waals surface area (Å²) >= 11 is 0. The fourth-order valence-electron chi connectivity index (χ4n) is 3.08. The van der Waals surface area contributed by atoms with Gasteiger partial charge in [0.25, 0.3) is 0 Å². The van der Waals surface area contributed by atoms with Crippen LogP contribution in [0.25, 0.3) is 10.8 Å². The largest absolute Gasteiger partial charge is 0.492 e. The molecule has 2 nitrogen and oxygen atoms in total. The van der Waals surface area contributed by atoms with Gasteiger partial charge in [-0.25, -0.2) is 0 Å². The second-order valence-corrected chi connectivity index (χ2v) is 5.68.